The van der Waals surface area contributed by atoms with Gasteiger partial charge in [-0.15, -0.1) is 5.54 Å². The SMILES string of the molecule is COc1ccc(C(OCC#CC#Cc2ccccc2C(O)C#C[Si](C)(C)C)c2ccc(OC)cc2)cc1. The van der Waals surface area contributed by atoms with Gasteiger partial charge in [-0.3, -0.25) is 0 Å². The van der Waals surface area contributed by atoms with E-state index in [2.05, 4.69) is 54.8 Å². The molecule has 188 valence electrons. The zero-order chi connectivity index (χ0) is 26.7. The van der Waals surface area contributed by atoms with Gasteiger partial charge in [-0.1, -0.05) is 79.9 Å². The Morgan fingerprint density at radius 2 is 1.35 bits per heavy atom. The van der Waals surface area contributed by atoms with Gasteiger partial charge < -0.3 is 19.3 Å². The van der Waals surface area contributed by atoms with Crippen molar-refractivity contribution in [2.24, 2.45) is 0 Å². The number of rotatable bonds is 7. The van der Waals surface area contributed by atoms with E-state index in [0.29, 0.717) is 11.1 Å². The van der Waals surface area contributed by atoms with Crippen LogP contribution in [0.1, 0.15) is 34.5 Å². The molecule has 0 spiro atoms. The summed E-state index contributed by atoms with van der Waals surface area (Å²) in [5.74, 6) is 16.3. The van der Waals surface area contributed by atoms with Gasteiger partial charge in [-0.2, -0.15) is 0 Å². The predicted octanol–water partition coefficient (Wildman–Crippen LogP) is 5.78. The Bertz CT molecular complexity index is 1310. The van der Waals surface area contributed by atoms with Crippen LogP contribution >= 0.6 is 0 Å². The van der Waals surface area contributed by atoms with Crippen LogP contribution in [0, 0.1) is 35.1 Å². The first-order chi connectivity index (χ1) is 17.8. The van der Waals surface area contributed by atoms with Crippen molar-refractivity contribution in [2.45, 2.75) is 31.8 Å². The van der Waals surface area contributed by atoms with Crippen LogP contribution in [0.4, 0.5) is 0 Å². The quantitative estimate of drug-likeness (QED) is 0.325. The van der Waals surface area contributed by atoms with E-state index in [9.17, 15) is 5.11 Å². The summed E-state index contributed by atoms with van der Waals surface area (Å²) in [5, 5.41) is 10.6. The minimum absolute atomic E-state index is 0.198. The third-order valence-electron chi connectivity index (χ3n) is 5.35. The minimum Gasteiger partial charge on any atom is -0.497 e. The molecular weight excluding hydrogens is 476 g/mol. The van der Waals surface area contributed by atoms with Crippen LogP contribution in [0.3, 0.4) is 0 Å². The maximum atomic E-state index is 10.6. The fraction of sp³-hybridized carbons (Fsp3) is 0.250. The van der Waals surface area contributed by atoms with Gasteiger partial charge in [0.15, 0.2) is 0 Å². The fourth-order valence-corrected chi connectivity index (χ4v) is 4.03. The lowest BCUT2D eigenvalue weighted by atomic mass is 10.0. The topological polar surface area (TPSA) is 47.9 Å². The van der Waals surface area contributed by atoms with Crippen LogP contribution in [0.5, 0.6) is 11.5 Å². The third kappa shape index (κ3) is 8.60. The van der Waals surface area contributed by atoms with Gasteiger partial charge in [0.2, 0.25) is 0 Å². The lowest BCUT2D eigenvalue weighted by Crippen LogP contribution is -2.17. The molecule has 0 aliphatic carbocycles. The molecule has 0 aliphatic rings. The molecule has 5 heteroatoms. The molecule has 0 radical (unpaired) electrons. The van der Waals surface area contributed by atoms with Crippen LogP contribution in [0.15, 0.2) is 72.8 Å². The van der Waals surface area contributed by atoms with Gasteiger partial charge in [0.25, 0.3) is 0 Å². The van der Waals surface area contributed by atoms with E-state index in [0.717, 1.165) is 22.6 Å². The molecule has 0 aromatic heterocycles. The van der Waals surface area contributed by atoms with E-state index < -0.39 is 14.2 Å². The summed E-state index contributed by atoms with van der Waals surface area (Å²) in [7, 11) is 1.70. The number of aliphatic hydroxyl groups is 1. The van der Waals surface area contributed by atoms with E-state index in [-0.39, 0.29) is 12.7 Å². The van der Waals surface area contributed by atoms with Gasteiger partial charge in [0, 0.05) is 11.1 Å². The molecule has 3 aromatic rings. The molecule has 0 amide bonds. The minimum atomic E-state index is -1.58. The van der Waals surface area contributed by atoms with Crippen LogP contribution in [0.25, 0.3) is 0 Å². The average molecular weight is 509 g/mol. The van der Waals surface area contributed by atoms with Crippen LogP contribution in [-0.4, -0.2) is 34.0 Å². The smallest absolute Gasteiger partial charge is 0.140 e. The maximum Gasteiger partial charge on any atom is 0.140 e. The second-order valence-corrected chi connectivity index (χ2v) is 14.0. The Labute approximate surface area is 221 Å². The Hall–Kier alpha value is -3.92. The summed E-state index contributed by atoms with van der Waals surface area (Å²) in [6.07, 6.45) is -1.18. The van der Waals surface area contributed by atoms with Gasteiger partial charge in [-0.05, 0) is 53.3 Å². The van der Waals surface area contributed by atoms with Crippen LogP contribution < -0.4 is 9.47 Å². The Balaban J connectivity index is 1.74. The first-order valence-electron chi connectivity index (χ1n) is 12.0. The molecule has 0 aliphatic heterocycles. The van der Waals surface area contributed by atoms with E-state index >= 15 is 0 Å². The van der Waals surface area contributed by atoms with Crippen molar-refractivity contribution in [1.29, 1.82) is 0 Å². The van der Waals surface area contributed by atoms with Gasteiger partial charge >= 0.3 is 0 Å². The van der Waals surface area contributed by atoms with Gasteiger partial charge in [0.1, 0.15) is 38.4 Å². The highest BCUT2D eigenvalue weighted by Gasteiger charge is 2.15. The van der Waals surface area contributed by atoms with E-state index in [1.54, 1.807) is 14.2 Å². The molecule has 0 bridgehead atoms. The zero-order valence-electron chi connectivity index (χ0n) is 22.0. The Kier molecular flexibility index (Phi) is 10.0. The summed E-state index contributed by atoms with van der Waals surface area (Å²) >= 11 is 0. The van der Waals surface area contributed by atoms with Gasteiger partial charge in [-0.25, -0.2) is 0 Å². The predicted molar refractivity (Wildman–Crippen MR) is 151 cm³/mol. The second kappa shape index (κ2) is 13.4. The molecule has 1 N–H and O–H groups in total. The highest BCUT2D eigenvalue weighted by molar-refractivity contribution is 6.83. The second-order valence-electron chi connectivity index (χ2n) is 9.30. The van der Waals surface area contributed by atoms with Crippen molar-refractivity contribution >= 4 is 8.07 Å². The fourth-order valence-electron chi connectivity index (χ4n) is 3.46. The molecule has 1 atom stereocenters. The van der Waals surface area contributed by atoms with Crippen molar-refractivity contribution in [3.05, 3.63) is 95.1 Å². The lowest BCUT2D eigenvalue weighted by molar-refractivity contribution is 0.108. The van der Waals surface area contributed by atoms with Crippen LogP contribution in [-0.2, 0) is 4.74 Å². The van der Waals surface area contributed by atoms with E-state index in [4.69, 9.17) is 14.2 Å². The molecule has 0 saturated carbocycles. The molecule has 37 heavy (non-hydrogen) atoms. The molecular formula is C32H32O4Si. The summed E-state index contributed by atoms with van der Waals surface area (Å²) in [5.41, 5.74) is 6.59. The zero-order valence-corrected chi connectivity index (χ0v) is 23.0. The summed E-state index contributed by atoms with van der Waals surface area (Å²) < 4.78 is 16.7. The maximum absolute atomic E-state index is 10.6. The van der Waals surface area contributed by atoms with E-state index in [1.807, 2.05) is 72.8 Å². The number of hydrogen-bond acceptors (Lipinski definition) is 4. The first kappa shape index (κ1) is 27.7. The Morgan fingerprint density at radius 3 is 1.89 bits per heavy atom. The monoisotopic (exact) mass is 508 g/mol. The molecule has 1 unspecified atom stereocenters. The van der Waals surface area contributed by atoms with Crippen LogP contribution in [0.2, 0.25) is 19.6 Å². The number of methoxy groups -OCH3 is 2. The first-order valence-corrected chi connectivity index (χ1v) is 15.5. The van der Waals surface area contributed by atoms with Crippen molar-refractivity contribution in [1.82, 2.24) is 0 Å². The highest BCUT2D eigenvalue weighted by atomic mass is 28.3. The summed E-state index contributed by atoms with van der Waals surface area (Å²) in [6, 6.07) is 23.0. The van der Waals surface area contributed by atoms with E-state index in [1.165, 1.54) is 0 Å². The molecule has 4 nitrogen and oxygen atoms in total. The molecule has 0 heterocycles. The van der Waals surface area contributed by atoms with Crippen molar-refractivity contribution in [3.8, 4) is 46.6 Å². The average Bonchev–Trinajstić information content (AvgIpc) is 2.91. The lowest BCUT2D eigenvalue weighted by Gasteiger charge is -2.18. The third-order valence-corrected chi connectivity index (χ3v) is 6.24. The number of aliphatic hydroxyl groups excluding tert-OH is 1. The molecule has 3 rings (SSSR count). The normalized spacial score (nSPS) is 11.2. The Morgan fingerprint density at radius 1 is 0.784 bits per heavy atom. The highest BCUT2D eigenvalue weighted by Crippen LogP contribution is 2.28. The molecule has 0 fully saturated rings. The largest absolute Gasteiger partial charge is 0.497 e. The van der Waals surface area contributed by atoms with Gasteiger partial charge in [0.05, 0.1) is 14.2 Å². The number of benzene rings is 3. The molecule has 0 saturated heterocycles. The standard InChI is InChI=1S/C32H32O4Si/c1-34-28-18-14-26(15-19-28)32(27-16-20-29(35-2)21-17-27)36-23-10-6-7-11-25-12-8-9-13-30(25)31(33)22-24-37(3,4)5/h8-9,12-21,31-33H,23H2,1-5H3. The summed E-state index contributed by atoms with van der Waals surface area (Å²) in [4.78, 5) is 0. The van der Waals surface area contributed by atoms with Crippen molar-refractivity contribution < 1.29 is 19.3 Å². The van der Waals surface area contributed by atoms with Crippen molar-refractivity contribution in [2.75, 3.05) is 20.8 Å². The molecule has 3 aromatic carbocycles. The number of ether oxygens (including phenoxy) is 3. The summed E-state index contributed by atoms with van der Waals surface area (Å²) in [6.45, 7) is 6.63. The van der Waals surface area contributed by atoms with Crippen molar-refractivity contribution in [3.63, 3.8) is 0 Å². The number of hydrogen-bond donors (Lipinski definition) is 1.